The molecule has 4 rings (SSSR count). The Kier molecular flexibility index (Phi) is 6.81. The van der Waals surface area contributed by atoms with Gasteiger partial charge in [-0.05, 0) is 63.4 Å². The van der Waals surface area contributed by atoms with E-state index in [2.05, 4.69) is 22.2 Å². The number of aromatic amines is 1. The molecule has 166 valence electrons. The number of amides is 1. The number of H-pyrrole nitrogens is 1. The molecule has 2 aliphatic rings. The summed E-state index contributed by atoms with van der Waals surface area (Å²) in [4.78, 5) is 46.0. The molecule has 1 atom stereocenters. The summed E-state index contributed by atoms with van der Waals surface area (Å²) in [6, 6.07) is 0. The Labute approximate surface area is 189 Å². The number of carbonyl (C=O) groups is 2. The lowest BCUT2D eigenvalue weighted by Gasteiger charge is -2.18. The van der Waals surface area contributed by atoms with E-state index in [1.807, 2.05) is 0 Å². The molecular formula is C22H27N3O4S2. The van der Waals surface area contributed by atoms with Gasteiger partial charge in [-0.25, -0.2) is 9.78 Å². The van der Waals surface area contributed by atoms with Gasteiger partial charge in [-0.3, -0.25) is 9.59 Å². The molecule has 0 saturated heterocycles. The molecule has 31 heavy (non-hydrogen) atoms. The van der Waals surface area contributed by atoms with Crippen LogP contribution in [0.5, 0.6) is 0 Å². The van der Waals surface area contributed by atoms with Gasteiger partial charge in [0.05, 0.1) is 23.6 Å². The van der Waals surface area contributed by atoms with Crippen LogP contribution in [0.2, 0.25) is 0 Å². The number of nitrogens with zero attached hydrogens (tertiary/aromatic N) is 1. The number of ether oxygens (including phenoxy) is 1. The largest absolute Gasteiger partial charge is 0.462 e. The van der Waals surface area contributed by atoms with Gasteiger partial charge in [0, 0.05) is 10.4 Å². The van der Waals surface area contributed by atoms with Gasteiger partial charge in [0.25, 0.3) is 5.56 Å². The van der Waals surface area contributed by atoms with E-state index in [-0.39, 0.29) is 23.2 Å². The van der Waals surface area contributed by atoms with Gasteiger partial charge in [-0.15, -0.1) is 11.3 Å². The highest BCUT2D eigenvalue weighted by atomic mass is 32.2. The Morgan fingerprint density at radius 2 is 2.06 bits per heavy atom. The molecule has 1 amide bonds. The lowest BCUT2D eigenvalue weighted by atomic mass is 9.88. The molecular weight excluding hydrogens is 434 g/mol. The molecule has 0 bridgehead atoms. The van der Waals surface area contributed by atoms with Crippen LogP contribution in [0.1, 0.15) is 65.2 Å². The Bertz CT molecular complexity index is 1060. The molecule has 2 heterocycles. The van der Waals surface area contributed by atoms with Crippen LogP contribution in [0.25, 0.3) is 0 Å². The third-order valence-corrected chi connectivity index (χ3v) is 7.80. The van der Waals surface area contributed by atoms with Crippen LogP contribution in [0.3, 0.4) is 0 Å². The standard InChI is InChI=1S/C22H27N3O4S2/c1-3-29-21(28)18-14-9-8-12(2)10-16(14)31-20(18)24-17(26)11-30-22-23-15-7-5-4-6-13(15)19(27)25-22/h12H,3-11H2,1-2H3,(H,24,26)(H,23,25,27)/t12-/m1/s1. The highest BCUT2D eigenvalue weighted by Gasteiger charge is 2.29. The monoisotopic (exact) mass is 461 g/mol. The van der Waals surface area contributed by atoms with E-state index in [0.717, 1.165) is 66.6 Å². The van der Waals surface area contributed by atoms with Crippen molar-refractivity contribution in [2.45, 2.75) is 63.9 Å². The second-order valence-corrected chi connectivity index (χ2v) is 10.2. The maximum Gasteiger partial charge on any atom is 0.341 e. The minimum atomic E-state index is -0.377. The van der Waals surface area contributed by atoms with Gasteiger partial charge in [-0.1, -0.05) is 18.7 Å². The van der Waals surface area contributed by atoms with Crippen molar-refractivity contribution in [1.82, 2.24) is 9.97 Å². The van der Waals surface area contributed by atoms with E-state index in [4.69, 9.17) is 4.74 Å². The topological polar surface area (TPSA) is 101 Å². The number of hydrogen-bond donors (Lipinski definition) is 2. The lowest BCUT2D eigenvalue weighted by molar-refractivity contribution is -0.113. The highest BCUT2D eigenvalue weighted by Crippen LogP contribution is 2.40. The molecule has 0 fully saturated rings. The van der Waals surface area contributed by atoms with Crippen molar-refractivity contribution >= 4 is 40.0 Å². The zero-order valence-electron chi connectivity index (χ0n) is 17.8. The van der Waals surface area contributed by atoms with Crippen LogP contribution in [0, 0.1) is 5.92 Å². The number of aryl methyl sites for hydroxylation is 1. The molecule has 2 aromatic rings. The first-order valence-electron chi connectivity index (χ1n) is 10.8. The number of hydrogen-bond acceptors (Lipinski definition) is 7. The first-order valence-corrected chi connectivity index (χ1v) is 12.6. The van der Waals surface area contributed by atoms with E-state index in [1.54, 1.807) is 6.92 Å². The van der Waals surface area contributed by atoms with E-state index >= 15 is 0 Å². The average molecular weight is 462 g/mol. The fourth-order valence-corrected chi connectivity index (χ4v) is 6.30. The number of esters is 1. The first-order chi connectivity index (χ1) is 15.0. The number of rotatable bonds is 6. The zero-order chi connectivity index (χ0) is 22.0. The van der Waals surface area contributed by atoms with Gasteiger partial charge in [-0.2, -0.15) is 0 Å². The van der Waals surface area contributed by atoms with Crippen LogP contribution in [-0.4, -0.2) is 34.2 Å². The molecule has 7 nitrogen and oxygen atoms in total. The molecule has 0 aromatic carbocycles. The van der Waals surface area contributed by atoms with Crippen LogP contribution in [0.4, 0.5) is 5.00 Å². The molecule has 9 heteroatoms. The zero-order valence-corrected chi connectivity index (χ0v) is 19.5. The van der Waals surface area contributed by atoms with E-state index < -0.39 is 0 Å². The predicted molar refractivity (Wildman–Crippen MR) is 122 cm³/mol. The van der Waals surface area contributed by atoms with E-state index in [9.17, 15) is 14.4 Å². The summed E-state index contributed by atoms with van der Waals surface area (Å²) in [6.45, 7) is 4.27. The van der Waals surface area contributed by atoms with Crippen molar-refractivity contribution < 1.29 is 14.3 Å². The Hall–Kier alpha value is -2.13. The Morgan fingerprint density at radius 3 is 2.87 bits per heavy atom. The van der Waals surface area contributed by atoms with Crippen molar-refractivity contribution in [3.05, 3.63) is 37.6 Å². The number of thioether (sulfide) groups is 1. The lowest BCUT2D eigenvalue weighted by Crippen LogP contribution is -2.22. The van der Waals surface area contributed by atoms with Crippen molar-refractivity contribution in [3.8, 4) is 0 Å². The summed E-state index contributed by atoms with van der Waals surface area (Å²) in [5.74, 6) is 0.0520. The SMILES string of the molecule is CCOC(=O)c1c(NC(=O)CSc2nc3c(c(=O)[nH]2)CCCC3)sc2c1CC[C@@H](C)C2. The van der Waals surface area contributed by atoms with Crippen LogP contribution in [0.15, 0.2) is 9.95 Å². The summed E-state index contributed by atoms with van der Waals surface area (Å²) in [7, 11) is 0. The molecule has 2 aromatic heterocycles. The first kappa shape index (κ1) is 22.1. The number of anilines is 1. The molecule has 0 saturated carbocycles. The number of aromatic nitrogens is 2. The highest BCUT2D eigenvalue weighted by molar-refractivity contribution is 7.99. The molecule has 2 N–H and O–H groups in total. The van der Waals surface area contributed by atoms with Crippen molar-refractivity contribution in [2.24, 2.45) is 5.92 Å². The summed E-state index contributed by atoms with van der Waals surface area (Å²) in [5, 5.41) is 3.94. The van der Waals surface area contributed by atoms with Crippen molar-refractivity contribution in [1.29, 1.82) is 0 Å². The summed E-state index contributed by atoms with van der Waals surface area (Å²) < 4.78 is 5.26. The molecule has 0 radical (unpaired) electrons. The minimum Gasteiger partial charge on any atom is -0.462 e. The van der Waals surface area contributed by atoms with Gasteiger partial charge >= 0.3 is 5.97 Å². The van der Waals surface area contributed by atoms with Gasteiger partial charge in [0.1, 0.15) is 5.00 Å². The van der Waals surface area contributed by atoms with Crippen molar-refractivity contribution in [3.63, 3.8) is 0 Å². The van der Waals surface area contributed by atoms with Crippen molar-refractivity contribution in [2.75, 3.05) is 17.7 Å². The maximum atomic E-state index is 12.7. The van der Waals surface area contributed by atoms with Crippen LogP contribution in [-0.2, 0) is 35.2 Å². The molecule has 0 spiro atoms. The molecule has 0 unspecified atom stereocenters. The summed E-state index contributed by atoms with van der Waals surface area (Å²) in [6.07, 6.45) is 6.38. The number of fused-ring (bicyclic) bond motifs is 2. The maximum absolute atomic E-state index is 12.7. The molecule has 0 aliphatic heterocycles. The Morgan fingerprint density at radius 1 is 1.26 bits per heavy atom. The fraction of sp³-hybridized carbons (Fsp3) is 0.545. The van der Waals surface area contributed by atoms with E-state index in [1.165, 1.54) is 23.1 Å². The molecule has 2 aliphatic carbocycles. The summed E-state index contributed by atoms with van der Waals surface area (Å²) in [5.41, 5.74) is 3.05. The number of carbonyl (C=O) groups excluding carboxylic acids is 2. The quantitative estimate of drug-likeness (QED) is 0.386. The Balaban J connectivity index is 1.48. The smallest absolute Gasteiger partial charge is 0.341 e. The van der Waals surface area contributed by atoms with E-state index in [0.29, 0.717) is 28.2 Å². The number of thiophene rings is 1. The van der Waals surface area contributed by atoms with Gasteiger partial charge in [0.15, 0.2) is 5.16 Å². The minimum absolute atomic E-state index is 0.0998. The third-order valence-electron chi connectivity index (χ3n) is 5.75. The van der Waals surface area contributed by atoms with Gasteiger partial charge in [0.2, 0.25) is 5.91 Å². The second kappa shape index (κ2) is 9.56. The summed E-state index contributed by atoms with van der Waals surface area (Å²) >= 11 is 2.68. The normalized spacial score (nSPS) is 17.5. The predicted octanol–water partition coefficient (Wildman–Crippen LogP) is 3.74. The van der Waals surface area contributed by atoms with Crippen LogP contribution < -0.4 is 10.9 Å². The average Bonchev–Trinajstić information content (AvgIpc) is 3.09. The van der Waals surface area contributed by atoms with Gasteiger partial charge < -0.3 is 15.0 Å². The fourth-order valence-electron chi connectivity index (χ4n) is 4.20. The third kappa shape index (κ3) is 4.87. The van der Waals surface area contributed by atoms with Crippen LogP contribution >= 0.6 is 23.1 Å². The second-order valence-electron chi connectivity index (χ2n) is 8.12. The number of nitrogens with one attached hydrogen (secondary N) is 2.